The highest BCUT2D eigenvalue weighted by Gasteiger charge is 2.19. The summed E-state index contributed by atoms with van der Waals surface area (Å²) in [4.78, 5) is 5.33. The lowest BCUT2D eigenvalue weighted by Crippen LogP contribution is -1.96. The second-order valence-electron chi connectivity index (χ2n) is 6.58. The third kappa shape index (κ3) is 3.00. The van der Waals surface area contributed by atoms with Crippen LogP contribution in [0.4, 0.5) is 0 Å². The molecule has 0 radical (unpaired) electrons. The van der Waals surface area contributed by atoms with E-state index in [1.165, 1.54) is 11.3 Å². The van der Waals surface area contributed by atoms with E-state index in [2.05, 4.69) is 15.2 Å². The standard InChI is InChI=1S/C21H18N6O2S/c1-13-19(26-11-5-4-6-17(26)22-13)20-23-24-21-27(20)25-18(30-21)10-8-14-7-9-15(28-2)16(12-14)29-3/h4-12H,1-3H3. The number of hydrogen-bond donors (Lipinski definition) is 0. The molecule has 0 saturated carbocycles. The summed E-state index contributed by atoms with van der Waals surface area (Å²) in [7, 11) is 3.24. The first-order chi connectivity index (χ1) is 14.7. The van der Waals surface area contributed by atoms with Crippen molar-refractivity contribution in [2.75, 3.05) is 14.2 Å². The van der Waals surface area contributed by atoms with Crippen molar-refractivity contribution in [3.8, 4) is 23.0 Å². The van der Waals surface area contributed by atoms with Gasteiger partial charge >= 0.3 is 0 Å². The molecule has 5 rings (SSSR count). The van der Waals surface area contributed by atoms with Crippen LogP contribution in [-0.4, -0.2) is 43.4 Å². The van der Waals surface area contributed by atoms with Gasteiger partial charge in [0.15, 0.2) is 11.5 Å². The molecule has 0 atom stereocenters. The van der Waals surface area contributed by atoms with Crippen molar-refractivity contribution >= 4 is 34.1 Å². The predicted octanol–water partition coefficient (Wildman–Crippen LogP) is 4.00. The predicted molar refractivity (Wildman–Crippen MR) is 116 cm³/mol. The Bertz CT molecular complexity index is 1400. The maximum absolute atomic E-state index is 5.37. The average molecular weight is 418 g/mol. The number of hydrogen-bond acceptors (Lipinski definition) is 7. The van der Waals surface area contributed by atoms with E-state index in [4.69, 9.17) is 14.6 Å². The number of nitrogens with zero attached hydrogens (tertiary/aromatic N) is 6. The van der Waals surface area contributed by atoms with Crippen LogP contribution >= 0.6 is 11.3 Å². The summed E-state index contributed by atoms with van der Waals surface area (Å²) in [6, 6.07) is 11.7. The molecule has 0 N–H and O–H groups in total. The minimum atomic E-state index is 0.670. The summed E-state index contributed by atoms with van der Waals surface area (Å²) < 4.78 is 14.4. The van der Waals surface area contributed by atoms with Gasteiger partial charge < -0.3 is 9.47 Å². The van der Waals surface area contributed by atoms with E-state index in [1.807, 2.05) is 66.1 Å². The van der Waals surface area contributed by atoms with Gasteiger partial charge in [-0.25, -0.2) is 4.98 Å². The molecule has 0 saturated heterocycles. The second kappa shape index (κ2) is 7.27. The lowest BCUT2D eigenvalue weighted by molar-refractivity contribution is 0.355. The van der Waals surface area contributed by atoms with Crippen molar-refractivity contribution in [1.82, 2.24) is 29.2 Å². The Kier molecular flexibility index (Phi) is 4.44. The summed E-state index contributed by atoms with van der Waals surface area (Å²) in [5.41, 5.74) is 3.62. The van der Waals surface area contributed by atoms with Crippen molar-refractivity contribution in [3.63, 3.8) is 0 Å². The number of imidazole rings is 1. The van der Waals surface area contributed by atoms with E-state index in [9.17, 15) is 0 Å². The Balaban J connectivity index is 1.52. The Morgan fingerprint density at radius 3 is 2.70 bits per heavy atom. The molecular formula is C21H18N6O2S. The minimum Gasteiger partial charge on any atom is -0.493 e. The van der Waals surface area contributed by atoms with E-state index < -0.39 is 0 Å². The van der Waals surface area contributed by atoms with Gasteiger partial charge in [0.1, 0.15) is 16.3 Å². The van der Waals surface area contributed by atoms with Gasteiger partial charge in [-0.3, -0.25) is 4.40 Å². The first-order valence-electron chi connectivity index (χ1n) is 9.24. The number of rotatable bonds is 5. The van der Waals surface area contributed by atoms with Gasteiger partial charge in [-0.05, 0) is 42.8 Å². The summed E-state index contributed by atoms with van der Waals surface area (Å²) >= 11 is 1.47. The molecule has 0 spiro atoms. The van der Waals surface area contributed by atoms with Gasteiger partial charge in [-0.15, -0.1) is 10.2 Å². The average Bonchev–Trinajstić information content (AvgIpc) is 3.43. The van der Waals surface area contributed by atoms with E-state index in [-0.39, 0.29) is 0 Å². The molecule has 5 aromatic rings. The smallest absolute Gasteiger partial charge is 0.235 e. The first-order valence-corrected chi connectivity index (χ1v) is 10.1. The summed E-state index contributed by atoms with van der Waals surface area (Å²) in [6.45, 7) is 1.97. The zero-order valence-electron chi connectivity index (χ0n) is 16.6. The summed E-state index contributed by atoms with van der Waals surface area (Å²) in [6.07, 6.45) is 5.90. The maximum Gasteiger partial charge on any atom is 0.235 e. The quantitative estimate of drug-likeness (QED) is 0.429. The van der Waals surface area contributed by atoms with E-state index in [0.29, 0.717) is 17.3 Å². The van der Waals surface area contributed by atoms with Gasteiger partial charge in [-0.2, -0.15) is 9.61 Å². The third-order valence-corrected chi connectivity index (χ3v) is 5.61. The summed E-state index contributed by atoms with van der Waals surface area (Å²) in [5.74, 6) is 2.05. The van der Waals surface area contributed by atoms with E-state index >= 15 is 0 Å². The van der Waals surface area contributed by atoms with Gasteiger partial charge in [0.25, 0.3) is 0 Å². The van der Waals surface area contributed by atoms with Gasteiger partial charge in [0.2, 0.25) is 10.8 Å². The third-order valence-electron chi connectivity index (χ3n) is 4.75. The van der Waals surface area contributed by atoms with Crippen molar-refractivity contribution in [3.05, 3.63) is 58.9 Å². The van der Waals surface area contributed by atoms with Crippen LogP contribution in [0.5, 0.6) is 11.5 Å². The molecule has 0 fully saturated rings. The molecule has 30 heavy (non-hydrogen) atoms. The second-order valence-corrected chi connectivity index (χ2v) is 7.57. The van der Waals surface area contributed by atoms with E-state index in [1.54, 1.807) is 18.7 Å². The fraction of sp³-hybridized carbons (Fsp3) is 0.143. The highest BCUT2D eigenvalue weighted by Crippen LogP contribution is 2.29. The van der Waals surface area contributed by atoms with Crippen LogP contribution in [-0.2, 0) is 0 Å². The van der Waals surface area contributed by atoms with Gasteiger partial charge in [0.05, 0.1) is 19.9 Å². The minimum absolute atomic E-state index is 0.670. The summed E-state index contributed by atoms with van der Waals surface area (Å²) in [5, 5.41) is 14.2. The number of methoxy groups -OCH3 is 2. The van der Waals surface area contributed by atoms with Crippen LogP contribution in [0, 0.1) is 6.92 Å². The van der Waals surface area contributed by atoms with Crippen LogP contribution in [0.15, 0.2) is 42.6 Å². The number of pyridine rings is 1. The van der Waals surface area contributed by atoms with Crippen molar-refractivity contribution in [2.45, 2.75) is 6.92 Å². The molecular weight excluding hydrogens is 400 g/mol. The molecule has 0 aliphatic carbocycles. The Morgan fingerprint density at radius 1 is 1.00 bits per heavy atom. The molecule has 0 aliphatic rings. The van der Waals surface area contributed by atoms with Crippen LogP contribution in [0.1, 0.15) is 16.3 Å². The van der Waals surface area contributed by atoms with Gasteiger partial charge in [-0.1, -0.05) is 29.5 Å². The molecule has 0 aliphatic heterocycles. The van der Waals surface area contributed by atoms with E-state index in [0.717, 1.165) is 32.6 Å². The number of benzene rings is 1. The Labute approximate surface area is 176 Å². The molecule has 150 valence electrons. The number of aryl methyl sites for hydroxylation is 1. The Morgan fingerprint density at radius 2 is 1.87 bits per heavy atom. The Hall–Kier alpha value is -3.72. The fourth-order valence-electron chi connectivity index (χ4n) is 3.35. The molecule has 1 aromatic carbocycles. The number of ether oxygens (including phenoxy) is 2. The molecule has 4 aromatic heterocycles. The molecule has 0 amide bonds. The molecule has 0 unspecified atom stereocenters. The molecule has 8 nitrogen and oxygen atoms in total. The number of aromatic nitrogens is 6. The van der Waals surface area contributed by atoms with Crippen LogP contribution in [0.3, 0.4) is 0 Å². The van der Waals surface area contributed by atoms with Crippen molar-refractivity contribution < 1.29 is 9.47 Å². The van der Waals surface area contributed by atoms with Crippen LogP contribution in [0.2, 0.25) is 0 Å². The van der Waals surface area contributed by atoms with Crippen molar-refractivity contribution in [1.29, 1.82) is 0 Å². The normalized spacial score (nSPS) is 11.7. The maximum atomic E-state index is 5.37. The zero-order chi connectivity index (χ0) is 20.7. The largest absolute Gasteiger partial charge is 0.493 e. The van der Waals surface area contributed by atoms with Crippen LogP contribution < -0.4 is 9.47 Å². The lowest BCUT2D eigenvalue weighted by atomic mass is 10.2. The lowest BCUT2D eigenvalue weighted by Gasteiger charge is -2.07. The monoisotopic (exact) mass is 418 g/mol. The highest BCUT2D eigenvalue weighted by atomic mass is 32.1. The molecule has 0 bridgehead atoms. The molecule has 4 heterocycles. The SMILES string of the molecule is COc1ccc(C=Cc2nn3c(-c4c(C)nc5ccccn45)nnc3s2)cc1OC. The fourth-order valence-corrected chi connectivity index (χ4v) is 4.09. The topological polar surface area (TPSA) is 78.8 Å². The van der Waals surface area contributed by atoms with Crippen molar-refractivity contribution in [2.24, 2.45) is 0 Å². The van der Waals surface area contributed by atoms with Crippen LogP contribution in [0.25, 0.3) is 34.3 Å². The first kappa shape index (κ1) is 18.3. The molecule has 9 heteroatoms. The number of fused-ring (bicyclic) bond motifs is 2. The zero-order valence-corrected chi connectivity index (χ0v) is 17.4. The highest BCUT2D eigenvalue weighted by molar-refractivity contribution is 7.17. The van der Waals surface area contributed by atoms with Gasteiger partial charge in [0, 0.05) is 6.20 Å².